The number of hydrogen-bond acceptors (Lipinski definition) is 9. The van der Waals surface area contributed by atoms with Crippen LogP contribution in [0.4, 0.5) is 21.5 Å². The first-order valence-corrected chi connectivity index (χ1v) is 16.6. The van der Waals surface area contributed by atoms with Gasteiger partial charge in [0.15, 0.2) is 0 Å². The second kappa shape index (κ2) is 14.3. The SMILES string of the molecule is COc1cc2c(Oc3ccc(NC(=O)C4(C(=O)Nc5ccc(F)cc5)CC4)cc3)ccnc2cc1N1CCC(OCC(=O)OC(C)(C)C)CC1. The van der Waals surface area contributed by atoms with Crippen LogP contribution in [-0.4, -0.2) is 61.3 Å². The largest absolute Gasteiger partial charge is 0.495 e. The van der Waals surface area contributed by atoms with Crippen molar-refractivity contribution in [1.82, 2.24) is 4.98 Å². The third kappa shape index (κ3) is 8.14. The Kier molecular flexibility index (Phi) is 9.92. The highest BCUT2D eigenvalue weighted by Gasteiger charge is 2.56. The van der Waals surface area contributed by atoms with E-state index in [1.54, 1.807) is 43.6 Å². The van der Waals surface area contributed by atoms with E-state index in [1.807, 2.05) is 32.9 Å². The first-order valence-electron chi connectivity index (χ1n) is 16.6. The summed E-state index contributed by atoms with van der Waals surface area (Å²) in [5.74, 6) is 0.219. The number of hydrogen-bond donors (Lipinski definition) is 2. The van der Waals surface area contributed by atoms with Gasteiger partial charge < -0.3 is 34.5 Å². The van der Waals surface area contributed by atoms with Gasteiger partial charge >= 0.3 is 5.97 Å². The third-order valence-electron chi connectivity index (χ3n) is 8.70. The van der Waals surface area contributed by atoms with Gasteiger partial charge in [-0.1, -0.05) is 0 Å². The fraction of sp³-hybridized carbons (Fsp3) is 0.368. The van der Waals surface area contributed by atoms with Crippen LogP contribution in [0.1, 0.15) is 46.5 Å². The van der Waals surface area contributed by atoms with Gasteiger partial charge in [0.1, 0.15) is 40.7 Å². The second-order valence-corrected chi connectivity index (χ2v) is 13.6. The summed E-state index contributed by atoms with van der Waals surface area (Å²) >= 11 is 0. The number of ether oxygens (including phenoxy) is 4. The van der Waals surface area contributed by atoms with Gasteiger partial charge in [-0.2, -0.15) is 0 Å². The van der Waals surface area contributed by atoms with Crippen molar-refractivity contribution in [3.8, 4) is 17.2 Å². The van der Waals surface area contributed by atoms with E-state index in [0.29, 0.717) is 41.5 Å². The van der Waals surface area contributed by atoms with Gasteiger partial charge in [-0.15, -0.1) is 0 Å². The highest BCUT2D eigenvalue weighted by molar-refractivity contribution is 6.16. The minimum atomic E-state index is -1.16. The molecule has 11 nitrogen and oxygen atoms in total. The Morgan fingerprint density at radius 2 is 1.52 bits per heavy atom. The number of nitrogens with one attached hydrogen (secondary N) is 2. The van der Waals surface area contributed by atoms with Gasteiger partial charge in [0.25, 0.3) is 0 Å². The van der Waals surface area contributed by atoms with Crippen LogP contribution in [0.5, 0.6) is 17.2 Å². The third-order valence-corrected chi connectivity index (χ3v) is 8.70. The molecule has 0 atom stereocenters. The maximum atomic E-state index is 13.2. The van der Waals surface area contributed by atoms with Crippen LogP contribution >= 0.6 is 0 Å². The minimum Gasteiger partial charge on any atom is -0.495 e. The Labute approximate surface area is 290 Å². The molecular weight excluding hydrogens is 643 g/mol. The lowest BCUT2D eigenvalue weighted by molar-refractivity contribution is -0.162. The molecule has 0 spiro atoms. The molecule has 4 aromatic rings. The number of carbonyl (C=O) groups is 3. The van der Waals surface area contributed by atoms with Crippen LogP contribution in [0.2, 0.25) is 0 Å². The number of methoxy groups -OCH3 is 1. The number of benzene rings is 3. The van der Waals surface area contributed by atoms with Crippen LogP contribution in [0.3, 0.4) is 0 Å². The van der Waals surface area contributed by atoms with Gasteiger partial charge in [-0.3, -0.25) is 14.6 Å². The Morgan fingerprint density at radius 3 is 2.10 bits per heavy atom. The average Bonchev–Trinajstić information content (AvgIpc) is 3.91. The molecule has 50 heavy (non-hydrogen) atoms. The zero-order valence-electron chi connectivity index (χ0n) is 28.6. The first kappa shape index (κ1) is 34.6. The van der Waals surface area contributed by atoms with E-state index in [-0.39, 0.29) is 18.7 Å². The second-order valence-electron chi connectivity index (χ2n) is 13.6. The number of anilines is 3. The number of rotatable bonds is 11. The average molecular weight is 685 g/mol. The van der Waals surface area contributed by atoms with E-state index in [9.17, 15) is 18.8 Å². The Bertz CT molecular complexity index is 1860. The molecule has 2 fully saturated rings. The summed E-state index contributed by atoms with van der Waals surface area (Å²) in [6, 6.07) is 18.0. The fourth-order valence-electron chi connectivity index (χ4n) is 5.91. The summed E-state index contributed by atoms with van der Waals surface area (Å²) in [4.78, 5) is 44.9. The predicted octanol–water partition coefficient (Wildman–Crippen LogP) is 6.86. The van der Waals surface area contributed by atoms with Crippen molar-refractivity contribution in [3.05, 3.63) is 78.7 Å². The number of halogens is 1. The maximum absolute atomic E-state index is 13.2. The Morgan fingerprint density at radius 1 is 0.900 bits per heavy atom. The summed E-state index contributed by atoms with van der Waals surface area (Å²) in [6.07, 6.45) is 4.00. The fourth-order valence-corrected chi connectivity index (χ4v) is 5.91. The van der Waals surface area contributed by atoms with Gasteiger partial charge in [-0.05, 0) is 113 Å². The highest BCUT2D eigenvalue weighted by atomic mass is 19.1. The summed E-state index contributed by atoms with van der Waals surface area (Å²) < 4.78 is 36.5. The molecule has 1 aromatic heterocycles. The topological polar surface area (TPSA) is 128 Å². The van der Waals surface area contributed by atoms with Crippen LogP contribution in [0.15, 0.2) is 72.9 Å². The molecule has 1 saturated carbocycles. The molecule has 1 aliphatic carbocycles. The standard InChI is InChI=1S/C38H41FN4O7/c1-37(2,3)50-34(44)23-48-27-14-19-43(20-15-27)31-22-30-29(21-33(31)47-4)32(13-18-40-30)49-28-11-9-26(10-12-28)42-36(46)38(16-17-38)35(45)41-25-7-5-24(39)6-8-25/h5-13,18,21-22,27H,14-17,19-20,23H2,1-4H3,(H,41,45)(H,42,46). The lowest BCUT2D eigenvalue weighted by Gasteiger charge is -2.34. The van der Waals surface area contributed by atoms with E-state index in [4.69, 9.17) is 18.9 Å². The number of carbonyl (C=O) groups excluding carboxylic acids is 3. The minimum absolute atomic E-state index is 0.0369. The van der Waals surface area contributed by atoms with E-state index in [1.165, 1.54) is 24.3 Å². The summed E-state index contributed by atoms with van der Waals surface area (Å²) in [7, 11) is 1.63. The smallest absolute Gasteiger partial charge is 0.332 e. The van der Waals surface area contributed by atoms with Gasteiger partial charge in [0.2, 0.25) is 11.8 Å². The molecule has 2 N–H and O–H groups in total. The van der Waals surface area contributed by atoms with Crippen molar-refractivity contribution >= 4 is 45.7 Å². The number of pyridine rings is 1. The molecule has 2 amide bonds. The number of fused-ring (bicyclic) bond motifs is 1. The molecule has 2 heterocycles. The summed E-state index contributed by atoms with van der Waals surface area (Å²) in [5, 5.41) is 6.32. The number of aromatic nitrogens is 1. The Balaban J connectivity index is 1.07. The number of piperidine rings is 1. The lowest BCUT2D eigenvalue weighted by atomic mass is 10.0. The van der Waals surface area contributed by atoms with Crippen LogP contribution < -0.4 is 25.0 Å². The molecule has 6 rings (SSSR count). The van der Waals surface area contributed by atoms with Crippen LogP contribution in [0.25, 0.3) is 10.9 Å². The zero-order chi connectivity index (χ0) is 35.5. The molecule has 12 heteroatoms. The Hall–Kier alpha value is -5.23. The molecule has 0 bridgehead atoms. The van der Waals surface area contributed by atoms with Gasteiger partial charge in [0.05, 0.1) is 24.4 Å². The van der Waals surface area contributed by atoms with Crippen LogP contribution in [0, 0.1) is 11.2 Å². The molecule has 1 saturated heterocycles. The normalized spacial score (nSPS) is 15.7. The van der Waals surface area contributed by atoms with Crippen molar-refractivity contribution in [2.45, 2.75) is 58.2 Å². The summed E-state index contributed by atoms with van der Waals surface area (Å²) in [5.41, 5.74) is 0.888. The number of amides is 2. The number of esters is 1. The molecule has 2 aliphatic rings. The molecule has 1 aliphatic heterocycles. The van der Waals surface area contributed by atoms with E-state index >= 15 is 0 Å². The lowest BCUT2D eigenvalue weighted by Crippen LogP contribution is -2.38. The zero-order valence-corrected chi connectivity index (χ0v) is 28.6. The van der Waals surface area contributed by atoms with Crippen LogP contribution in [-0.2, 0) is 23.9 Å². The molecule has 0 unspecified atom stereocenters. The summed E-state index contributed by atoms with van der Waals surface area (Å²) in [6.45, 7) is 6.88. The quantitative estimate of drug-likeness (QED) is 0.129. The van der Waals surface area contributed by atoms with Crippen molar-refractivity contribution in [2.24, 2.45) is 5.41 Å². The van der Waals surface area contributed by atoms with Crippen molar-refractivity contribution in [2.75, 3.05) is 42.3 Å². The molecule has 3 aromatic carbocycles. The predicted molar refractivity (Wildman–Crippen MR) is 187 cm³/mol. The van der Waals surface area contributed by atoms with E-state index < -0.39 is 28.6 Å². The highest BCUT2D eigenvalue weighted by Crippen LogP contribution is 2.47. The van der Waals surface area contributed by atoms with Gasteiger partial charge in [0, 0.05) is 36.0 Å². The molecule has 262 valence electrons. The van der Waals surface area contributed by atoms with E-state index in [2.05, 4.69) is 20.5 Å². The molecular formula is C38H41FN4O7. The van der Waals surface area contributed by atoms with E-state index in [0.717, 1.165) is 42.5 Å². The van der Waals surface area contributed by atoms with Crippen molar-refractivity contribution in [3.63, 3.8) is 0 Å². The van der Waals surface area contributed by atoms with Crippen molar-refractivity contribution < 1.29 is 37.7 Å². The first-order chi connectivity index (χ1) is 23.9. The molecule has 0 radical (unpaired) electrons. The number of nitrogens with zero attached hydrogens (tertiary/aromatic N) is 2. The maximum Gasteiger partial charge on any atom is 0.332 e. The monoisotopic (exact) mass is 684 g/mol. The van der Waals surface area contributed by atoms with Gasteiger partial charge in [-0.25, -0.2) is 9.18 Å². The van der Waals surface area contributed by atoms with Crippen molar-refractivity contribution in [1.29, 1.82) is 0 Å².